The van der Waals surface area contributed by atoms with Gasteiger partial charge in [-0.3, -0.25) is 4.79 Å². The summed E-state index contributed by atoms with van der Waals surface area (Å²) in [5, 5.41) is 54.4. The molecule has 3 aliphatic rings. The molecule has 0 aromatic heterocycles. The van der Waals surface area contributed by atoms with Gasteiger partial charge in [-0.1, -0.05) is 27.4 Å². The van der Waals surface area contributed by atoms with Crippen molar-refractivity contribution in [2.75, 3.05) is 0 Å². The number of Topliss-reactive ketones (excluding diaryl/α,β-unsaturated/α-hetero) is 1. The second-order valence-electron chi connectivity index (χ2n) is 9.06. The fraction of sp³-hybridized carbons (Fsp3) is 0.750. The Morgan fingerprint density at radius 3 is 2.23 bits per heavy atom. The molecule has 6 heteroatoms. The number of rotatable bonds is 0. The average molecular weight is 366 g/mol. The molecule has 0 aromatic carbocycles. The Bertz CT molecular complexity index is 680. The Labute approximate surface area is 153 Å². The summed E-state index contributed by atoms with van der Waals surface area (Å²) in [7, 11) is 0. The number of fused-ring (bicyclic) bond motifs is 3. The van der Waals surface area contributed by atoms with E-state index in [9.17, 15) is 30.3 Å². The summed E-state index contributed by atoms with van der Waals surface area (Å²) in [5.41, 5.74) is -0.859. The molecule has 3 aliphatic carbocycles. The van der Waals surface area contributed by atoms with Crippen molar-refractivity contribution in [3.8, 4) is 0 Å². The van der Waals surface area contributed by atoms with E-state index in [1.807, 2.05) is 13.8 Å². The van der Waals surface area contributed by atoms with Gasteiger partial charge in [-0.25, -0.2) is 0 Å². The van der Waals surface area contributed by atoms with Crippen molar-refractivity contribution in [1.82, 2.24) is 0 Å². The van der Waals surface area contributed by atoms with Crippen molar-refractivity contribution >= 4 is 5.78 Å². The van der Waals surface area contributed by atoms with Gasteiger partial charge < -0.3 is 25.5 Å². The molecule has 5 N–H and O–H groups in total. The molecule has 0 saturated heterocycles. The van der Waals surface area contributed by atoms with Crippen LogP contribution in [0.15, 0.2) is 23.3 Å². The molecule has 8 atom stereocenters. The van der Waals surface area contributed by atoms with Crippen molar-refractivity contribution in [2.45, 2.75) is 71.1 Å². The number of carbonyl (C=O) groups excluding carboxylic acids is 1. The third-order valence-electron chi connectivity index (χ3n) is 7.50. The van der Waals surface area contributed by atoms with Crippen molar-refractivity contribution < 1.29 is 30.3 Å². The standard InChI is InChI=1S/C20H30O6/c1-8-11(21)6-10-16(24)15-9(2)12(22)7-13(23)20(15,5)18(26)17(25)14(8)19(10,3)4/h10,12-13,15-18,22-26H,2,6-7H2,1,3-5H3/t10-,12-,13-,15-,16+,17+,18-,20+/m0/s1. The van der Waals surface area contributed by atoms with Gasteiger partial charge in [-0.05, 0) is 29.1 Å². The van der Waals surface area contributed by atoms with Gasteiger partial charge >= 0.3 is 0 Å². The molecule has 26 heavy (non-hydrogen) atoms. The van der Waals surface area contributed by atoms with E-state index >= 15 is 0 Å². The lowest BCUT2D eigenvalue weighted by atomic mass is 9.49. The van der Waals surface area contributed by atoms with Crippen LogP contribution < -0.4 is 0 Å². The van der Waals surface area contributed by atoms with E-state index in [0.29, 0.717) is 16.7 Å². The Morgan fingerprint density at radius 1 is 1.08 bits per heavy atom. The van der Waals surface area contributed by atoms with E-state index in [2.05, 4.69) is 6.58 Å². The predicted molar refractivity (Wildman–Crippen MR) is 95.0 cm³/mol. The summed E-state index contributed by atoms with van der Waals surface area (Å²) in [6.07, 6.45) is -5.93. The van der Waals surface area contributed by atoms with Crippen LogP contribution in [0.1, 0.15) is 40.5 Å². The molecule has 0 aliphatic heterocycles. The maximum atomic E-state index is 12.5. The zero-order chi connectivity index (χ0) is 19.8. The quantitative estimate of drug-likeness (QED) is 0.394. The molecule has 3 rings (SSSR count). The van der Waals surface area contributed by atoms with Gasteiger partial charge in [0.15, 0.2) is 5.78 Å². The van der Waals surface area contributed by atoms with Crippen molar-refractivity contribution in [3.63, 3.8) is 0 Å². The number of allylic oxidation sites excluding steroid dienone is 1. The normalized spacial score (nSPS) is 48.7. The molecule has 0 unspecified atom stereocenters. The van der Waals surface area contributed by atoms with E-state index in [4.69, 9.17) is 0 Å². The van der Waals surface area contributed by atoms with Gasteiger partial charge in [0.25, 0.3) is 0 Å². The summed E-state index contributed by atoms with van der Waals surface area (Å²) in [6.45, 7) is 10.9. The first-order chi connectivity index (χ1) is 11.9. The topological polar surface area (TPSA) is 118 Å². The first-order valence-electron chi connectivity index (χ1n) is 9.20. The van der Waals surface area contributed by atoms with Crippen molar-refractivity contribution in [3.05, 3.63) is 23.3 Å². The number of carbonyl (C=O) groups is 1. The number of aliphatic hydroxyl groups is 5. The Hall–Kier alpha value is -1.05. The minimum atomic E-state index is -1.42. The predicted octanol–water partition coefficient (Wildman–Crippen LogP) is 0.319. The summed E-state index contributed by atoms with van der Waals surface area (Å²) in [6, 6.07) is 0. The monoisotopic (exact) mass is 366 g/mol. The molecule has 2 saturated carbocycles. The van der Waals surface area contributed by atoms with Gasteiger partial charge in [0.1, 0.15) is 6.10 Å². The SMILES string of the molecule is C=C1[C@@H](O)C[C@H](O)[C@@]2(C)[C@@H](O)[C@H](O)C3=C(C)C(=O)C[C@@H]([C@@H](O)[C@H]12)C3(C)C. The average Bonchev–Trinajstić information content (AvgIpc) is 2.54. The third-order valence-corrected chi connectivity index (χ3v) is 7.50. The molecule has 2 bridgehead atoms. The first-order valence-corrected chi connectivity index (χ1v) is 9.20. The maximum Gasteiger partial charge on any atom is 0.159 e. The first kappa shape index (κ1) is 19.7. The molecule has 2 fully saturated rings. The van der Waals surface area contributed by atoms with Gasteiger partial charge in [0.05, 0.1) is 24.4 Å². The lowest BCUT2D eigenvalue weighted by Crippen LogP contribution is -2.65. The lowest BCUT2D eigenvalue weighted by molar-refractivity contribution is -0.192. The molecule has 0 aromatic rings. The summed E-state index contributed by atoms with van der Waals surface area (Å²) in [4.78, 5) is 12.5. The van der Waals surface area contributed by atoms with Gasteiger partial charge in [0, 0.05) is 30.1 Å². The highest BCUT2D eigenvalue weighted by molar-refractivity contribution is 5.97. The number of ketones is 1. The highest BCUT2D eigenvalue weighted by Gasteiger charge is 2.62. The molecule has 146 valence electrons. The van der Waals surface area contributed by atoms with Gasteiger partial charge in [-0.2, -0.15) is 0 Å². The van der Waals surface area contributed by atoms with Gasteiger partial charge in [0.2, 0.25) is 0 Å². The van der Waals surface area contributed by atoms with E-state index in [1.54, 1.807) is 13.8 Å². The maximum absolute atomic E-state index is 12.5. The molecule has 0 amide bonds. The molecular weight excluding hydrogens is 336 g/mol. The summed E-state index contributed by atoms with van der Waals surface area (Å²) < 4.78 is 0. The zero-order valence-electron chi connectivity index (χ0n) is 15.8. The molecule has 0 radical (unpaired) electrons. The lowest BCUT2D eigenvalue weighted by Gasteiger charge is -2.59. The number of hydrogen-bond donors (Lipinski definition) is 5. The fourth-order valence-electron chi connectivity index (χ4n) is 5.72. The Balaban J connectivity index is 2.28. The van der Waals surface area contributed by atoms with Gasteiger partial charge in [-0.15, -0.1) is 0 Å². The van der Waals surface area contributed by atoms with Crippen molar-refractivity contribution in [1.29, 1.82) is 0 Å². The van der Waals surface area contributed by atoms with Crippen LogP contribution in [0.25, 0.3) is 0 Å². The van der Waals surface area contributed by atoms with E-state index < -0.39 is 53.2 Å². The van der Waals surface area contributed by atoms with Crippen LogP contribution in [-0.2, 0) is 4.79 Å². The number of aliphatic hydroxyl groups excluding tert-OH is 5. The summed E-state index contributed by atoms with van der Waals surface area (Å²) in [5.74, 6) is -1.53. The second-order valence-corrected chi connectivity index (χ2v) is 9.06. The van der Waals surface area contributed by atoms with Crippen molar-refractivity contribution in [2.24, 2.45) is 22.7 Å². The highest BCUT2D eigenvalue weighted by Crippen LogP contribution is 2.58. The molecule has 6 nitrogen and oxygen atoms in total. The summed E-state index contributed by atoms with van der Waals surface area (Å²) >= 11 is 0. The van der Waals surface area contributed by atoms with E-state index in [0.717, 1.165) is 0 Å². The van der Waals surface area contributed by atoms with Crippen LogP contribution in [0, 0.1) is 22.7 Å². The minimum absolute atomic E-state index is 0.0205. The molecular formula is C20H30O6. The van der Waals surface area contributed by atoms with Crippen LogP contribution in [0.3, 0.4) is 0 Å². The van der Waals surface area contributed by atoms with Crippen LogP contribution in [-0.4, -0.2) is 61.8 Å². The highest BCUT2D eigenvalue weighted by atomic mass is 16.3. The smallest absolute Gasteiger partial charge is 0.159 e. The zero-order valence-corrected chi connectivity index (χ0v) is 15.8. The van der Waals surface area contributed by atoms with E-state index in [1.165, 1.54) is 0 Å². The number of hydrogen-bond acceptors (Lipinski definition) is 6. The molecule has 0 heterocycles. The Kier molecular flexibility index (Phi) is 4.53. The van der Waals surface area contributed by atoms with Crippen LogP contribution in [0.5, 0.6) is 0 Å². The van der Waals surface area contributed by atoms with Crippen LogP contribution >= 0.6 is 0 Å². The fourth-order valence-corrected chi connectivity index (χ4v) is 5.72. The van der Waals surface area contributed by atoms with Crippen LogP contribution in [0.2, 0.25) is 0 Å². The molecule has 0 spiro atoms. The third kappa shape index (κ3) is 2.33. The minimum Gasteiger partial charge on any atom is -0.392 e. The van der Waals surface area contributed by atoms with Crippen LogP contribution in [0.4, 0.5) is 0 Å². The largest absolute Gasteiger partial charge is 0.392 e. The second kappa shape index (κ2) is 5.97. The van der Waals surface area contributed by atoms with E-state index in [-0.39, 0.29) is 18.6 Å². The Morgan fingerprint density at radius 2 is 1.65 bits per heavy atom.